The van der Waals surface area contributed by atoms with Crippen molar-refractivity contribution >= 4 is 51.1 Å². The second-order valence-corrected chi connectivity index (χ2v) is 7.42. The summed E-state index contributed by atoms with van der Waals surface area (Å²) in [6, 6.07) is 6.52. The summed E-state index contributed by atoms with van der Waals surface area (Å²) in [5.74, 6) is 0.462. The maximum atomic E-state index is 12.7. The third kappa shape index (κ3) is 3.28. The Balaban J connectivity index is 2.12. The van der Waals surface area contributed by atoms with Crippen LogP contribution in [0.15, 0.2) is 33.8 Å². The van der Waals surface area contributed by atoms with E-state index in [1.165, 1.54) is 6.92 Å². The van der Waals surface area contributed by atoms with Gasteiger partial charge in [0.05, 0.1) is 21.1 Å². The van der Waals surface area contributed by atoms with Crippen molar-refractivity contribution in [1.82, 2.24) is 10.1 Å². The van der Waals surface area contributed by atoms with E-state index in [4.69, 9.17) is 27.7 Å². The minimum Gasteiger partial charge on any atom is -0.610 e. The smallest absolute Gasteiger partial charge is 0.256 e. The van der Waals surface area contributed by atoms with Gasteiger partial charge in [0.15, 0.2) is 11.5 Å². The fraction of sp³-hybridized carbons (Fsp3) is 0.188. The molecule has 1 unspecified atom stereocenters. The summed E-state index contributed by atoms with van der Waals surface area (Å²) < 4.78 is 17.7. The zero-order chi connectivity index (χ0) is 17.4. The van der Waals surface area contributed by atoms with Crippen molar-refractivity contribution in [3.8, 4) is 0 Å². The minimum atomic E-state index is -1.58. The Bertz CT molecular complexity index is 942. The molecule has 1 aromatic carbocycles. The Hall–Kier alpha value is -1.60. The molecule has 1 atom stereocenters. The van der Waals surface area contributed by atoms with Crippen molar-refractivity contribution in [3.63, 3.8) is 0 Å². The number of ketones is 1. The molecule has 0 fully saturated rings. The molecular weight excluding hydrogens is 371 g/mol. The van der Waals surface area contributed by atoms with Crippen molar-refractivity contribution in [3.05, 3.63) is 51.3 Å². The zero-order valence-electron chi connectivity index (χ0n) is 12.8. The SMILES string of the molecule is CC(=O)c1cc2c(Cl)ccc(Cl)c2nc1[S+]([O-])Cc1cc(C)on1. The van der Waals surface area contributed by atoms with Crippen LogP contribution in [0.5, 0.6) is 0 Å². The quantitative estimate of drug-likeness (QED) is 0.494. The number of fused-ring (bicyclic) bond motifs is 1. The van der Waals surface area contributed by atoms with Gasteiger partial charge < -0.3 is 9.08 Å². The third-order valence-corrected chi connectivity index (χ3v) is 5.33. The number of pyridine rings is 1. The first-order valence-electron chi connectivity index (χ1n) is 6.97. The van der Waals surface area contributed by atoms with Crippen molar-refractivity contribution in [2.75, 3.05) is 0 Å². The van der Waals surface area contributed by atoms with Gasteiger partial charge in [-0.2, -0.15) is 4.98 Å². The Labute approximate surface area is 151 Å². The Morgan fingerprint density at radius 2 is 2.00 bits per heavy atom. The molecule has 0 aliphatic heterocycles. The van der Waals surface area contributed by atoms with Crippen molar-refractivity contribution < 1.29 is 13.9 Å². The lowest BCUT2D eigenvalue weighted by Crippen LogP contribution is -2.13. The summed E-state index contributed by atoms with van der Waals surface area (Å²) in [6.45, 7) is 3.14. The number of Topliss-reactive ketones (excluding diaryl/α,β-unsaturated/α-hetero) is 1. The number of halogens is 2. The van der Waals surface area contributed by atoms with E-state index in [1.54, 1.807) is 31.2 Å². The molecule has 0 aliphatic carbocycles. The molecule has 0 saturated carbocycles. The van der Waals surface area contributed by atoms with Gasteiger partial charge in [-0.3, -0.25) is 4.79 Å². The highest BCUT2D eigenvalue weighted by Gasteiger charge is 2.25. The molecule has 2 heterocycles. The highest BCUT2D eigenvalue weighted by molar-refractivity contribution is 7.90. The molecule has 0 radical (unpaired) electrons. The molecule has 0 saturated heterocycles. The van der Waals surface area contributed by atoms with Crippen molar-refractivity contribution in [2.24, 2.45) is 0 Å². The predicted molar refractivity (Wildman–Crippen MR) is 93.1 cm³/mol. The van der Waals surface area contributed by atoms with Gasteiger partial charge >= 0.3 is 0 Å². The molecule has 2 aromatic heterocycles. The average molecular weight is 383 g/mol. The van der Waals surface area contributed by atoms with E-state index in [0.29, 0.717) is 32.4 Å². The van der Waals surface area contributed by atoms with Crippen LogP contribution in [-0.4, -0.2) is 20.5 Å². The van der Waals surface area contributed by atoms with Crippen LogP contribution in [-0.2, 0) is 16.9 Å². The molecule has 3 rings (SSSR count). The molecule has 0 amide bonds. The number of benzene rings is 1. The largest absolute Gasteiger partial charge is 0.610 e. The molecule has 0 spiro atoms. The van der Waals surface area contributed by atoms with E-state index in [1.807, 2.05) is 0 Å². The summed E-state index contributed by atoms with van der Waals surface area (Å²) in [5, 5.41) is 5.34. The number of aryl methyl sites for hydroxylation is 1. The highest BCUT2D eigenvalue weighted by atomic mass is 35.5. The Morgan fingerprint density at radius 1 is 1.29 bits per heavy atom. The standard InChI is InChI=1S/C16H12Cl2N2O3S/c1-8-5-10(20-23-8)7-24(22)16-11(9(2)21)6-12-13(17)3-4-14(18)15(12)19-16/h3-6H,7H2,1-2H3. The maximum Gasteiger partial charge on any atom is 0.256 e. The van der Waals surface area contributed by atoms with Crippen molar-refractivity contribution in [1.29, 1.82) is 0 Å². The van der Waals surface area contributed by atoms with Gasteiger partial charge in [-0.1, -0.05) is 28.4 Å². The van der Waals surface area contributed by atoms with Crippen LogP contribution >= 0.6 is 23.2 Å². The molecule has 5 nitrogen and oxygen atoms in total. The highest BCUT2D eigenvalue weighted by Crippen LogP contribution is 2.32. The van der Waals surface area contributed by atoms with Crippen LogP contribution in [0.2, 0.25) is 10.0 Å². The van der Waals surface area contributed by atoms with E-state index in [-0.39, 0.29) is 22.1 Å². The monoisotopic (exact) mass is 382 g/mol. The Kier molecular flexibility index (Phi) is 4.83. The van der Waals surface area contributed by atoms with Crippen molar-refractivity contribution in [2.45, 2.75) is 24.6 Å². The summed E-state index contributed by atoms with van der Waals surface area (Å²) in [5.41, 5.74) is 1.19. The number of rotatable bonds is 4. The summed E-state index contributed by atoms with van der Waals surface area (Å²) >= 11 is 10.8. The van der Waals surface area contributed by atoms with E-state index in [9.17, 15) is 9.35 Å². The van der Waals surface area contributed by atoms with Gasteiger partial charge in [0.2, 0.25) is 0 Å². The Morgan fingerprint density at radius 3 is 2.62 bits per heavy atom. The van der Waals surface area contributed by atoms with Crippen LogP contribution in [0.25, 0.3) is 10.9 Å². The molecule has 0 bridgehead atoms. The first-order valence-corrected chi connectivity index (χ1v) is 9.04. The topological polar surface area (TPSA) is 79.0 Å². The fourth-order valence-corrected chi connectivity index (χ4v) is 3.89. The predicted octanol–water partition coefficient (Wildman–Crippen LogP) is 4.35. The first kappa shape index (κ1) is 17.2. The van der Waals surface area contributed by atoms with Crippen LogP contribution < -0.4 is 0 Å². The molecule has 0 aliphatic rings. The lowest BCUT2D eigenvalue weighted by molar-refractivity contribution is 0.101. The molecular formula is C16H12Cl2N2O3S. The van der Waals surface area contributed by atoms with Gasteiger partial charge in [-0.25, -0.2) is 0 Å². The van der Waals surface area contributed by atoms with E-state index in [2.05, 4.69) is 10.1 Å². The average Bonchev–Trinajstić information content (AvgIpc) is 2.94. The molecule has 8 heteroatoms. The summed E-state index contributed by atoms with van der Waals surface area (Å²) in [6.07, 6.45) is 0. The van der Waals surface area contributed by atoms with Crippen LogP contribution in [0.1, 0.15) is 28.7 Å². The molecule has 0 N–H and O–H groups in total. The van der Waals surface area contributed by atoms with Gasteiger partial charge in [-0.05, 0) is 32.0 Å². The van der Waals surface area contributed by atoms with Crippen LogP contribution in [0.3, 0.4) is 0 Å². The molecule has 3 aromatic rings. The van der Waals surface area contributed by atoms with Crippen LogP contribution in [0.4, 0.5) is 0 Å². The number of aromatic nitrogens is 2. The van der Waals surface area contributed by atoms with E-state index >= 15 is 0 Å². The zero-order valence-corrected chi connectivity index (χ0v) is 15.1. The molecule has 124 valence electrons. The van der Waals surface area contributed by atoms with Crippen LogP contribution in [0, 0.1) is 6.92 Å². The second-order valence-electron chi connectivity index (χ2n) is 5.24. The van der Waals surface area contributed by atoms with E-state index < -0.39 is 11.2 Å². The number of nitrogens with zero attached hydrogens (tertiary/aromatic N) is 2. The third-order valence-electron chi connectivity index (χ3n) is 3.40. The number of hydrogen-bond donors (Lipinski definition) is 0. The first-order chi connectivity index (χ1) is 11.4. The lowest BCUT2D eigenvalue weighted by atomic mass is 10.1. The normalized spacial score (nSPS) is 12.5. The van der Waals surface area contributed by atoms with E-state index in [0.717, 1.165) is 0 Å². The van der Waals surface area contributed by atoms with Gasteiger partial charge in [0.25, 0.3) is 5.03 Å². The number of carbonyl (C=O) groups is 1. The molecule has 24 heavy (non-hydrogen) atoms. The second kappa shape index (κ2) is 6.72. The minimum absolute atomic E-state index is 0.0916. The fourth-order valence-electron chi connectivity index (χ4n) is 2.29. The maximum absolute atomic E-state index is 12.7. The summed E-state index contributed by atoms with van der Waals surface area (Å²) in [7, 11) is 0. The van der Waals surface area contributed by atoms with Gasteiger partial charge in [-0.15, -0.1) is 0 Å². The number of carbonyl (C=O) groups excluding carboxylic acids is 1. The summed E-state index contributed by atoms with van der Waals surface area (Å²) in [4.78, 5) is 16.3. The van der Waals surface area contributed by atoms with Gasteiger partial charge in [0, 0.05) is 22.6 Å². The van der Waals surface area contributed by atoms with Gasteiger partial charge in [0.1, 0.15) is 11.5 Å². The lowest BCUT2D eigenvalue weighted by Gasteiger charge is -2.13. The number of hydrogen-bond acceptors (Lipinski definition) is 5.